The molecule has 2 nitrogen and oxygen atoms in total. The molecular weight excluding hydrogens is 296 g/mol. The smallest absolute Gasteiger partial charge is 0.0840 e. The van der Waals surface area contributed by atoms with Gasteiger partial charge in [0, 0.05) is 7.11 Å². The first-order valence-corrected chi connectivity index (χ1v) is 10.6. The summed E-state index contributed by atoms with van der Waals surface area (Å²) >= 11 is 0. The van der Waals surface area contributed by atoms with Crippen LogP contribution in [0.25, 0.3) is 0 Å². The number of methoxy groups -OCH3 is 1. The van der Waals surface area contributed by atoms with Crippen LogP contribution < -0.4 is 0 Å². The number of ether oxygens (including phenoxy) is 2. The average Bonchev–Trinajstić information content (AvgIpc) is 2.54. The molecule has 0 aromatic rings. The zero-order valence-electron chi connectivity index (χ0n) is 17.2. The van der Waals surface area contributed by atoms with Crippen LogP contribution in [-0.2, 0) is 9.47 Å². The van der Waals surface area contributed by atoms with Crippen molar-refractivity contribution in [3.63, 3.8) is 0 Å². The molecule has 0 aromatic carbocycles. The summed E-state index contributed by atoms with van der Waals surface area (Å²) in [4.78, 5) is 0. The van der Waals surface area contributed by atoms with Crippen LogP contribution in [0, 0.1) is 6.92 Å². The molecule has 2 atom stereocenters. The first-order valence-electron chi connectivity index (χ1n) is 10.6. The zero-order chi connectivity index (χ0) is 18.0. The van der Waals surface area contributed by atoms with Crippen molar-refractivity contribution in [3.05, 3.63) is 6.92 Å². The minimum Gasteiger partial charge on any atom is -0.379 e. The van der Waals surface area contributed by atoms with Crippen LogP contribution in [0.3, 0.4) is 0 Å². The second kappa shape index (κ2) is 17.7. The lowest BCUT2D eigenvalue weighted by molar-refractivity contribution is -0.0610. The fourth-order valence-corrected chi connectivity index (χ4v) is 3.26. The lowest BCUT2D eigenvalue weighted by Crippen LogP contribution is -2.30. The van der Waals surface area contributed by atoms with Crippen molar-refractivity contribution in [1.29, 1.82) is 0 Å². The molecule has 0 amide bonds. The molecule has 0 bridgehead atoms. The summed E-state index contributed by atoms with van der Waals surface area (Å²) in [5.41, 5.74) is 0. The minimum atomic E-state index is -0.0488. The van der Waals surface area contributed by atoms with E-state index in [0.29, 0.717) is 0 Å². The van der Waals surface area contributed by atoms with Gasteiger partial charge < -0.3 is 9.47 Å². The quantitative estimate of drug-likeness (QED) is 0.247. The van der Waals surface area contributed by atoms with Crippen LogP contribution >= 0.6 is 0 Å². The Hall–Kier alpha value is -0.0800. The van der Waals surface area contributed by atoms with Gasteiger partial charge in [0.05, 0.1) is 18.3 Å². The van der Waals surface area contributed by atoms with Crippen molar-refractivity contribution in [2.75, 3.05) is 7.11 Å². The Morgan fingerprint density at radius 3 is 1.50 bits per heavy atom. The van der Waals surface area contributed by atoms with Crippen molar-refractivity contribution < 1.29 is 9.47 Å². The van der Waals surface area contributed by atoms with Gasteiger partial charge in [-0.25, -0.2) is 0 Å². The summed E-state index contributed by atoms with van der Waals surface area (Å²) in [6.45, 7) is 10.5. The molecule has 0 rings (SSSR count). The molecular formula is C22H45O2. The van der Waals surface area contributed by atoms with E-state index in [4.69, 9.17) is 9.47 Å². The van der Waals surface area contributed by atoms with Crippen molar-refractivity contribution in [1.82, 2.24) is 0 Å². The lowest BCUT2D eigenvalue weighted by Gasteiger charge is -2.24. The van der Waals surface area contributed by atoms with Gasteiger partial charge in [-0.05, 0) is 27.2 Å². The van der Waals surface area contributed by atoms with Crippen LogP contribution in [0.2, 0.25) is 0 Å². The van der Waals surface area contributed by atoms with Crippen LogP contribution in [0.5, 0.6) is 0 Å². The Balaban J connectivity index is 3.34. The maximum atomic E-state index is 5.73. The highest BCUT2D eigenvalue weighted by Crippen LogP contribution is 2.16. The van der Waals surface area contributed by atoms with Gasteiger partial charge in [0.25, 0.3) is 0 Å². The Morgan fingerprint density at radius 2 is 1.12 bits per heavy atom. The summed E-state index contributed by atoms with van der Waals surface area (Å²) in [7, 11) is 1.77. The molecule has 0 fully saturated rings. The highest BCUT2D eigenvalue weighted by molar-refractivity contribution is 4.73. The molecule has 0 aromatic heterocycles. The molecule has 0 saturated heterocycles. The second-order valence-corrected chi connectivity index (χ2v) is 7.53. The molecule has 0 aliphatic heterocycles. The molecule has 0 spiro atoms. The Labute approximate surface area is 153 Å². The fraction of sp³-hybridized carbons (Fsp3) is 0.955. The van der Waals surface area contributed by atoms with Crippen LogP contribution in [-0.4, -0.2) is 25.4 Å². The van der Waals surface area contributed by atoms with Gasteiger partial charge >= 0.3 is 0 Å². The SMILES string of the molecule is [CH2]C(OC(C)C)C(CCCCCCCCCCCCCCC)OC. The average molecular weight is 342 g/mol. The molecule has 2 heteroatoms. The van der Waals surface area contributed by atoms with Gasteiger partial charge in [-0.2, -0.15) is 0 Å². The van der Waals surface area contributed by atoms with E-state index < -0.39 is 0 Å². The van der Waals surface area contributed by atoms with E-state index in [2.05, 4.69) is 27.7 Å². The third kappa shape index (κ3) is 15.4. The topological polar surface area (TPSA) is 18.5 Å². The van der Waals surface area contributed by atoms with Crippen LogP contribution in [0.4, 0.5) is 0 Å². The zero-order valence-corrected chi connectivity index (χ0v) is 17.2. The number of hydrogen-bond acceptors (Lipinski definition) is 2. The van der Waals surface area contributed by atoms with Crippen molar-refractivity contribution in [2.24, 2.45) is 0 Å². The summed E-state index contributed by atoms with van der Waals surface area (Å²) in [6, 6.07) is 0. The van der Waals surface area contributed by atoms with Gasteiger partial charge in [-0.15, -0.1) is 0 Å². The first kappa shape index (κ1) is 23.9. The Morgan fingerprint density at radius 1 is 0.708 bits per heavy atom. The third-order valence-corrected chi connectivity index (χ3v) is 4.76. The first-order chi connectivity index (χ1) is 11.6. The molecule has 24 heavy (non-hydrogen) atoms. The van der Waals surface area contributed by atoms with Crippen LogP contribution in [0.15, 0.2) is 0 Å². The van der Waals surface area contributed by atoms with E-state index in [9.17, 15) is 0 Å². The van der Waals surface area contributed by atoms with E-state index in [1.165, 1.54) is 83.5 Å². The molecule has 0 aliphatic rings. The predicted octanol–water partition coefficient (Wildman–Crippen LogP) is 7.11. The summed E-state index contributed by atoms with van der Waals surface area (Å²) in [5, 5.41) is 0. The highest BCUT2D eigenvalue weighted by Gasteiger charge is 2.17. The molecule has 1 radical (unpaired) electrons. The van der Waals surface area contributed by atoms with E-state index in [1.807, 2.05) is 0 Å². The lowest BCUT2D eigenvalue weighted by atomic mass is 10.0. The van der Waals surface area contributed by atoms with Gasteiger partial charge in [0.1, 0.15) is 0 Å². The summed E-state index contributed by atoms with van der Waals surface area (Å²) in [6.07, 6.45) is 19.5. The monoisotopic (exact) mass is 341 g/mol. The summed E-state index contributed by atoms with van der Waals surface area (Å²) in [5.74, 6) is 0. The fourth-order valence-electron chi connectivity index (χ4n) is 3.26. The van der Waals surface area contributed by atoms with Gasteiger partial charge in [0.15, 0.2) is 0 Å². The van der Waals surface area contributed by atoms with Gasteiger partial charge in [0.2, 0.25) is 0 Å². The Bertz CT molecular complexity index is 240. The van der Waals surface area contributed by atoms with Crippen molar-refractivity contribution >= 4 is 0 Å². The third-order valence-electron chi connectivity index (χ3n) is 4.76. The molecule has 0 saturated carbocycles. The largest absolute Gasteiger partial charge is 0.379 e. The maximum absolute atomic E-state index is 5.73. The standard InChI is InChI=1S/C22H45O2/c1-6-7-8-9-10-11-12-13-14-15-16-17-18-19-22(23-5)21(4)24-20(2)3/h20-22H,4,6-19H2,1-3,5H3. The van der Waals surface area contributed by atoms with Crippen LogP contribution in [0.1, 0.15) is 111 Å². The van der Waals surface area contributed by atoms with Gasteiger partial charge in [-0.1, -0.05) is 90.4 Å². The van der Waals surface area contributed by atoms with E-state index in [1.54, 1.807) is 7.11 Å². The van der Waals surface area contributed by atoms with E-state index in [-0.39, 0.29) is 18.3 Å². The van der Waals surface area contributed by atoms with Gasteiger partial charge in [-0.3, -0.25) is 0 Å². The Kier molecular flexibility index (Phi) is 17.7. The predicted molar refractivity (Wildman–Crippen MR) is 106 cm³/mol. The minimum absolute atomic E-state index is 0.0488. The summed E-state index contributed by atoms with van der Waals surface area (Å²) < 4.78 is 11.3. The normalized spacial score (nSPS) is 14.2. The maximum Gasteiger partial charge on any atom is 0.0840 e. The number of rotatable bonds is 18. The molecule has 0 N–H and O–H groups in total. The van der Waals surface area contributed by atoms with Crippen molar-refractivity contribution in [2.45, 2.75) is 129 Å². The molecule has 145 valence electrons. The van der Waals surface area contributed by atoms with E-state index >= 15 is 0 Å². The second-order valence-electron chi connectivity index (χ2n) is 7.53. The van der Waals surface area contributed by atoms with E-state index in [0.717, 1.165) is 6.42 Å². The number of hydrogen-bond donors (Lipinski definition) is 0. The number of unbranched alkanes of at least 4 members (excludes halogenated alkanes) is 12. The molecule has 0 heterocycles. The molecule has 0 aliphatic carbocycles. The van der Waals surface area contributed by atoms with Crippen molar-refractivity contribution in [3.8, 4) is 0 Å². The molecule has 2 unspecified atom stereocenters. The highest BCUT2D eigenvalue weighted by atomic mass is 16.5.